The monoisotopic (exact) mass is 257 g/mol. The van der Waals surface area contributed by atoms with Gasteiger partial charge in [0.15, 0.2) is 0 Å². The number of allylic oxidation sites excluding steroid dienone is 1. The number of nitrogens with zero attached hydrogens (tertiary/aromatic N) is 1. The SMILES string of the molecule is C=C(c1cccc2c1C(=C)N(C)C2=O)C(C)C.CC. The molecule has 0 saturated carbocycles. The molecule has 0 bridgehead atoms. The van der Waals surface area contributed by atoms with Crippen molar-refractivity contribution < 1.29 is 4.79 Å². The molecule has 2 nitrogen and oxygen atoms in total. The van der Waals surface area contributed by atoms with Crippen LogP contribution in [0.3, 0.4) is 0 Å². The number of hydrogen-bond acceptors (Lipinski definition) is 1. The normalized spacial score (nSPS) is 13.3. The zero-order valence-corrected chi connectivity index (χ0v) is 12.6. The highest BCUT2D eigenvalue weighted by Gasteiger charge is 2.30. The van der Waals surface area contributed by atoms with E-state index in [1.165, 1.54) is 0 Å². The zero-order chi connectivity index (χ0) is 14.7. The van der Waals surface area contributed by atoms with E-state index in [9.17, 15) is 4.79 Å². The summed E-state index contributed by atoms with van der Waals surface area (Å²) in [6.45, 7) is 16.3. The van der Waals surface area contributed by atoms with E-state index in [2.05, 4.69) is 27.0 Å². The summed E-state index contributed by atoms with van der Waals surface area (Å²) in [5, 5.41) is 0. The van der Waals surface area contributed by atoms with E-state index < -0.39 is 0 Å². The summed E-state index contributed by atoms with van der Waals surface area (Å²) in [5.74, 6) is 0.374. The fourth-order valence-electron chi connectivity index (χ4n) is 2.09. The Morgan fingerprint density at radius 2 is 1.84 bits per heavy atom. The van der Waals surface area contributed by atoms with Crippen LogP contribution in [0.2, 0.25) is 0 Å². The van der Waals surface area contributed by atoms with Crippen molar-refractivity contribution in [3.8, 4) is 0 Å². The van der Waals surface area contributed by atoms with E-state index in [4.69, 9.17) is 0 Å². The van der Waals surface area contributed by atoms with Crippen molar-refractivity contribution in [1.29, 1.82) is 0 Å². The molecule has 0 fully saturated rings. The Morgan fingerprint density at radius 1 is 1.26 bits per heavy atom. The summed E-state index contributed by atoms with van der Waals surface area (Å²) in [5.41, 5.74) is 4.53. The molecule has 0 N–H and O–H groups in total. The summed E-state index contributed by atoms with van der Waals surface area (Å²) in [4.78, 5) is 13.6. The number of fused-ring (bicyclic) bond motifs is 1. The minimum absolute atomic E-state index is 0.0170. The predicted octanol–water partition coefficient (Wildman–Crippen LogP) is 4.44. The van der Waals surface area contributed by atoms with Gasteiger partial charge in [0.05, 0.1) is 0 Å². The second-order valence-electron chi connectivity index (χ2n) is 4.72. The summed E-state index contributed by atoms with van der Waals surface area (Å²) in [6.07, 6.45) is 0. The summed E-state index contributed by atoms with van der Waals surface area (Å²) in [6, 6.07) is 5.77. The molecule has 102 valence electrons. The standard InChI is InChI=1S/C15H17NO.C2H6/c1-9(2)10(3)12-7-6-8-13-14(12)11(4)16(5)15(13)17;1-2/h6-9H,3-4H2,1-2,5H3;1-2H3. The summed E-state index contributed by atoms with van der Waals surface area (Å²) < 4.78 is 0. The van der Waals surface area contributed by atoms with Crippen LogP contribution in [-0.2, 0) is 0 Å². The Bertz CT molecular complexity index is 526. The Hall–Kier alpha value is -1.83. The molecule has 0 atom stereocenters. The third-order valence-corrected chi connectivity index (χ3v) is 3.34. The molecule has 1 amide bonds. The van der Waals surface area contributed by atoms with Crippen LogP contribution in [0.4, 0.5) is 0 Å². The first-order chi connectivity index (χ1) is 8.95. The zero-order valence-electron chi connectivity index (χ0n) is 12.6. The van der Waals surface area contributed by atoms with Gasteiger partial charge in [-0.1, -0.05) is 53.0 Å². The van der Waals surface area contributed by atoms with E-state index in [1.807, 2.05) is 32.0 Å². The van der Waals surface area contributed by atoms with Crippen LogP contribution in [0.1, 0.15) is 49.2 Å². The third-order valence-electron chi connectivity index (χ3n) is 3.34. The molecule has 0 unspecified atom stereocenters. The number of amides is 1. The van der Waals surface area contributed by atoms with E-state index >= 15 is 0 Å². The molecule has 2 heteroatoms. The fraction of sp³-hybridized carbons (Fsp3) is 0.353. The average Bonchev–Trinajstić information content (AvgIpc) is 2.65. The molecule has 0 saturated heterocycles. The lowest BCUT2D eigenvalue weighted by Gasteiger charge is -2.15. The smallest absolute Gasteiger partial charge is 0.258 e. The maximum absolute atomic E-state index is 12.0. The number of carbonyl (C=O) groups excluding carboxylic acids is 1. The highest BCUT2D eigenvalue weighted by atomic mass is 16.2. The third kappa shape index (κ3) is 2.48. The number of hydrogen-bond donors (Lipinski definition) is 0. The fourth-order valence-corrected chi connectivity index (χ4v) is 2.09. The molecule has 0 aliphatic carbocycles. The molecule has 0 aromatic heterocycles. The van der Waals surface area contributed by atoms with Crippen LogP contribution in [0.25, 0.3) is 11.3 Å². The van der Waals surface area contributed by atoms with Gasteiger partial charge in [0.25, 0.3) is 5.91 Å². The predicted molar refractivity (Wildman–Crippen MR) is 82.8 cm³/mol. The van der Waals surface area contributed by atoms with E-state index in [0.717, 1.165) is 28.0 Å². The van der Waals surface area contributed by atoms with Crippen LogP contribution in [0.5, 0.6) is 0 Å². The first-order valence-electron chi connectivity index (χ1n) is 6.74. The minimum Gasteiger partial charge on any atom is -0.311 e. The lowest BCUT2D eigenvalue weighted by molar-refractivity contribution is 0.0875. The molecule has 1 heterocycles. The maximum Gasteiger partial charge on any atom is 0.258 e. The van der Waals surface area contributed by atoms with Gasteiger partial charge in [0.1, 0.15) is 0 Å². The van der Waals surface area contributed by atoms with E-state index in [0.29, 0.717) is 5.92 Å². The van der Waals surface area contributed by atoms with E-state index in [-0.39, 0.29) is 5.91 Å². The highest BCUT2D eigenvalue weighted by molar-refractivity contribution is 6.10. The highest BCUT2D eigenvalue weighted by Crippen LogP contribution is 2.37. The number of benzene rings is 1. The number of carbonyl (C=O) groups is 1. The largest absolute Gasteiger partial charge is 0.311 e. The van der Waals surface area contributed by atoms with Crippen LogP contribution in [0.15, 0.2) is 31.4 Å². The lowest BCUT2D eigenvalue weighted by atomic mass is 9.90. The molecule has 19 heavy (non-hydrogen) atoms. The van der Waals surface area contributed by atoms with E-state index in [1.54, 1.807) is 11.9 Å². The second-order valence-corrected chi connectivity index (χ2v) is 4.72. The quantitative estimate of drug-likeness (QED) is 0.767. The van der Waals surface area contributed by atoms with Crippen molar-refractivity contribution in [2.24, 2.45) is 5.92 Å². The Balaban J connectivity index is 0.000000861. The molecular formula is C17H23NO. The molecule has 1 aliphatic heterocycles. The van der Waals surface area contributed by atoms with Crippen molar-refractivity contribution in [2.45, 2.75) is 27.7 Å². The van der Waals surface area contributed by atoms with Crippen molar-refractivity contribution in [2.75, 3.05) is 7.05 Å². The molecule has 1 aliphatic rings. The lowest BCUT2D eigenvalue weighted by Crippen LogP contribution is -2.16. The van der Waals surface area contributed by atoms with Gasteiger partial charge in [0, 0.05) is 23.9 Å². The van der Waals surface area contributed by atoms with Gasteiger partial charge in [-0.2, -0.15) is 0 Å². The molecule has 1 aromatic carbocycles. The second kappa shape index (κ2) is 5.87. The van der Waals surface area contributed by atoms with Gasteiger partial charge in [-0.15, -0.1) is 0 Å². The van der Waals surface area contributed by atoms with Gasteiger partial charge in [-0.25, -0.2) is 0 Å². The van der Waals surface area contributed by atoms with Crippen molar-refractivity contribution in [3.63, 3.8) is 0 Å². The van der Waals surface area contributed by atoms with Crippen molar-refractivity contribution in [1.82, 2.24) is 4.90 Å². The molecule has 0 spiro atoms. The first-order valence-corrected chi connectivity index (χ1v) is 6.74. The summed E-state index contributed by atoms with van der Waals surface area (Å²) in [7, 11) is 1.76. The maximum atomic E-state index is 12.0. The Labute approximate surface area is 116 Å². The minimum atomic E-state index is 0.0170. The van der Waals surface area contributed by atoms with Gasteiger partial charge in [-0.05, 0) is 23.1 Å². The van der Waals surface area contributed by atoms with Crippen molar-refractivity contribution in [3.05, 3.63) is 48.0 Å². The van der Waals surface area contributed by atoms with Crippen molar-refractivity contribution >= 4 is 17.2 Å². The molecule has 1 aromatic rings. The van der Waals surface area contributed by atoms with Crippen LogP contribution in [0, 0.1) is 5.92 Å². The Morgan fingerprint density at radius 3 is 2.37 bits per heavy atom. The average molecular weight is 257 g/mol. The first kappa shape index (κ1) is 15.2. The van der Waals surface area contributed by atoms with Crippen LogP contribution >= 0.6 is 0 Å². The van der Waals surface area contributed by atoms with Gasteiger partial charge < -0.3 is 4.90 Å². The topological polar surface area (TPSA) is 20.3 Å². The van der Waals surface area contributed by atoms with Crippen LogP contribution < -0.4 is 0 Å². The van der Waals surface area contributed by atoms with Gasteiger partial charge in [-0.3, -0.25) is 4.79 Å². The van der Waals surface area contributed by atoms with Gasteiger partial charge in [0.2, 0.25) is 0 Å². The Kier molecular flexibility index (Phi) is 4.71. The number of rotatable bonds is 2. The van der Waals surface area contributed by atoms with Crippen LogP contribution in [-0.4, -0.2) is 17.9 Å². The molecular weight excluding hydrogens is 234 g/mol. The summed E-state index contributed by atoms with van der Waals surface area (Å²) >= 11 is 0. The molecule has 2 rings (SSSR count). The molecule has 0 radical (unpaired) electrons. The van der Waals surface area contributed by atoms with Gasteiger partial charge >= 0.3 is 0 Å².